The molecule has 1 aromatic carbocycles. The molecule has 0 spiro atoms. The number of aromatic nitrogens is 7. The van der Waals surface area contributed by atoms with Crippen molar-refractivity contribution in [3.63, 3.8) is 0 Å². The molecule has 5 heterocycles. The number of hydrogen-bond acceptors (Lipinski definition) is 7. The number of tetrazole rings is 1. The summed E-state index contributed by atoms with van der Waals surface area (Å²) < 4.78 is 39.4. The van der Waals surface area contributed by atoms with Crippen LogP contribution in [0.15, 0.2) is 42.8 Å². The van der Waals surface area contributed by atoms with Gasteiger partial charge in [-0.25, -0.2) is 14.4 Å². The van der Waals surface area contributed by atoms with Crippen molar-refractivity contribution < 1.29 is 19.7 Å². The van der Waals surface area contributed by atoms with E-state index in [4.69, 9.17) is 13.0 Å². The lowest BCUT2D eigenvalue weighted by atomic mass is 9.92. The first-order valence-electron chi connectivity index (χ1n) is 12.5. The zero-order chi connectivity index (χ0) is 28.1. The number of pyridine rings is 1. The highest BCUT2D eigenvalue weighted by Crippen LogP contribution is 2.44. The van der Waals surface area contributed by atoms with Crippen LogP contribution < -0.4 is 5.32 Å². The average molecular weight is 553 g/mol. The Morgan fingerprint density at radius 2 is 2.13 bits per heavy atom. The van der Waals surface area contributed by atoms with Crippen LogP contribution in [0.3, 0.4) is 0 Å². The number of carbonyl (C=O) groups is 2. The molecule has 1 saturated heterocycles. The van der Waals surface area contributed by atoms with Crippen LogP contribution >= 0.6 is 11.6 Å². The summed E-state index contributed by atoms with van der Waals surface area (Å²) in [5, 5.41) is 13.3. The van der Waals surface area contributed by atoms with E-state index in [1.165, 1.54) is 42.3 Å². The summed E-state index contributed by atoms with van der Waals surface area (Å²) in [6.07, 6.45) is 5.71. The molecular weight excluding hydrogens is 532 g/mol. The lowest BCUT2D eigenvalue weighted by Gasteiger charge is -2.33. The minimum Gasteiger partial charge on any atom is -0.340 e. The molecule has 1 fully saturated rings. The Morgan fingerprint density at radius 1 is 1.28 bits per heavy atom. The Bertz CT molecular complexity index is 1690. The fraction of sp³-hybridized carbons (Fsp3) is 0.240. The number of amides is 2. The van der Waals surface area contributed by atoms with Gasteiger partial charge in [0, 0.05) is 24.6 Å². The van der Waals surface area contributed by atoms with Gasteiger partial charge >= 0.3 is 0 Å². The number of anilines is 1. The summed E-state index contributed by atoms with van der Waals surface area (Å²) >= 11 is 6.09. The van der Waals surface area contributed by atoms with Crippen molar-refractivity contribution in [2.75, 3.05) is 5.32 Å². The summed E-state index contributed by atoms with van der Waals surface area (Å²) in [4.78, 5) is 37.5. The first-order valence-corrected chi connectivity index (χ1v) is 12.3. The standard InChI is InChI=1S/C25H20ClF2N9O2/c1-12(38)31-20-7-3-15(24(28)33-20)17-10-29-25(32-17)19-5-2-14-8-13(9-21(39)37(14)19)22-18(36-11-30-34-35-36)6-4-16(26)23(22)27/h3-4,6-7,9-11,14,19H,2,5,8H2,1H3,(H,29,32)(H,31,33,38)/t14?,19-/m0/s1/i7D. The smallest absolute Gasteiger partial charge is 0.247 e. The number of nitrogens with zero attached hydrogens (tertiary/aromatic N) is 7. The van der Waals surface area contributed by atoms with Gasteiger partial charge in [-0.05, 0) is 59.5 Å². The minimum absolute atomic E-state index is 0.00566. The lowest BCUT2D eigenvalue weighted by molar-refractivity contribution is -0.129. The molecule has 1 unspecified atom stereocenters. The van der Waals surface area contributed by atoms with Gasteiger partial charge in [0.2, 0.25) is 17.8 Å². The molecule has 2 aliphatic rings. The van der Waals surface area contributed by atoms with Crippen LogP contribution in [0.5, 0.6) is 0 Å². The zero-order valence-electron chi connectivity index (χ0n) is 21.3. The van der Waals surface area contributed by atoms with Gasteiger partial charge < -0.3 is 15.2 Å². The molecular formula is C25H20ClF2N9O2. The van der Waals surface area contributed by atoms with Gasteiger partial charge in [0.25, 0.3) is 0 Å². The number of rotatable bonds is 5. The molecule has 4 aromatic rings. The number of benzene rings is 1. The van der Waals surface area contributed by atoms with Crippen molar-refractivity contribution in [1.82, 2.24) is 40.1 Å². The number of H-pyrrole nitrogens is 1. The molecule has 198 valence electrons. The van der Waals surface area contributed by atoms with Crippen molar-refractivity contribution in [3.05, 3.63) is 71.0 Å². The number of aromatic amines is 1. The maximum atomic E-state index is 15.3. The van der Waals surface area contributed by atoms with Crippen LogP contribution in [0, 0.1) is 11.8 Å². The highest BCUT2D eigenvalue weighted by Gasteiger charge is 2.42. The maximum absolute atomic E-state index is 15.3. The molecule has 2 amide bonds. The van der Waals surface area contributed by atoms with Gasteiger partial charge in [0.05, 0.1) is 35.6 Å². The van der Waals surface area contributed by atoms with Crippen molar-refractivity contribution in [3.8, 4) is 16.9 Å². The third-order valence-electron chi connectivity index (χ3n) is 6.78. The molecule has 0 aliphatic carbocycles. The van der Waals surface area contributed by atoms with Crippen LogP contribution in [0.25, 0.3) is 22.5 Å². The van der Waals surface area contributed by atoms with Gasteiger partial charge in [-0.3, -0.25) is 9.59 Å². The molecule has 0 radical (unpaired) electrons. The predicted molar refractivity (Wildman–Crippen MR) is 135 cm³/mol. The highest BCUT2D eigenvalue weighted by molar-refractivity contribution is 6.31. The SMILES string of the molecule is [2H]c1cc(-c2cnc([C@@H]3CCC4CC(c5c(-n6cnnn6)ccc(Cl)c5F)=CC(=O)N43)[nH]2)c(F)nc1NC(C)=O. The van der Waals surface area contributed by atoms with E-state index in [0.717, 1.165) is 0 Å². The summed E-state index contributed by atoms with van der Waals surface area (Å²) in [6, 6.07) is 3.42. The number of carbonyl (C=O) groups excluding carboxylic acids is 2. The molecule has 2 aliphatic heterocycles. The molecule has 0 bridgehead atoms. The van der Waals surface area contributed by atoms with Crippen LogP contribution in [0.4, 0.5) is 14.6 Å². The van der Waals surface area contributed by atoms with E-state index in [0.29, 0.717) is 36.3 Å². The first kappa shape index (κ1) is 23.6. The topological polar surface area (TPSA) is 135 Å². The quantitative estimate of drug-likeness (QED) is 0.359. The van der Waals surface area contributed by atoms with E-state index in [-0.39, 0.29) is 45.7 Å². The number of fused-ring (bicyclic) bond motifs is 1. The van der Waals surface area contributed by atoms with Gasteiger partial charge in [0.1, 0.15) is 18.0 Å². The van der Waals surface area contributed by atoms with E-state index >= 15 is 4.39 Å². The fourth-order valence-electron chi connectivity index (χ4n) is 5.16. The van der Waals surface area contributed by atoms with Gasteiger partial charge in [-0.1, -0.05) is 11.6 Å². The Kier molecular flexibility index (Phi) is 5.84. The second kappa shape index (κ2) is 9.66. The molecule has 0 saturated carbocycles. The summed E-state index contributed by atoms with van der Waals surface area (Å²) in [6.45, 7) is 1.24. The van der Waals surface area contributed by atoms with Crippen LogP contribution in [-0.4, -0.2) is 57.9 Å². The molecule has 2 N–H and O–H groups in total. The highest BCUT2D eigenvalue weighted by atomic mass is 35.5. The molecule has 11 nitrogen and oxygen atoms in total. The largest absolute Gasteiger partial charge is 0.340 e. The normalized spacial score (nSPS) is 19.1. The number of hydrogen-bond donors (Lipinski definition) is 2. The second-order valence-corrected chi connectivity index (χ2v) is 9.60. The summed E-state index contributed by atoms with van der Waals surface area (Å²) in [7, 11) is 0. The van der Waals surface area contributed by atoms with Crippen LogP contribution in [-0.2, 0) is 9.59 Å². The molecule has 3 aromatic heterocycles. The number of imidazole rings is 1. The number of halogens is 3. The van der Waals surface area contributed by atoms with Gasteiger partial charge in [-0.2, -0.15) is 9.07 Å². The van der Waals surface area contributed by atoms with Crippen molar-refractivity contribution in [2.24, 2.45) is 0 Å². The molecule has 6 rings (SSSR count). The van der Waals surface area contributed by atoms with Crippen molar-refractivity contribution in [2.45, 2.75) is 38.3 Å². The zero-order valence-corrected chi connectivity index (χ0v) is 21.1. The predicted octanol–water partition coefficient (Wildman–Crippen LogP) is 3.86. The van der Waals surface area contributed by atoms with Crippen molar-refractivity contribution >= 4 is 34.8 Å². The minimum atomic E-state index is -0.886. The summed E-state index contributed by atoms with van der Waals surface area (Å²) in [5.41, 5.74) is 1.28. The van der Waals surface area contributed by atoms with E-state index in [1.807, 2.05) is 0 Å². The van der Waals surface area contributed by atoms with E-state index < -0.39 is 23.7 Å². The van der Waals surface area contributed by atoms with Gasteiger partial charge in [-0.15, -0.1) is 5.10 Å². The van der Waals surface area contributed by atoms with Crippen LogP contribution in [0.2, 0.25) is 5.02 Å². The third kappa shape index (κ3) is 4.44. The van der Waals surface area contributed by atoms with E-state index in [2.05, 4.69) is 35.8 Å². The summed E-state index contributed by atoms with van der Waals surface area (Å²) in [5.74, 6) is -2.09. The van der Waals surface area contributed by atoms with E-state index in [1.54, 1.807) is 11.0 Å². The Balaban J connectivity index is 1.30. The van der Waals surface area contributed by atoms with Gasteiger partial charge in [0.15, 0.2) is 5.82 Å². The average Bonchev–Trinajstić information content (AvgIpc) is 3.68. The molecule has 2 atom stereocenters. The first-order chi connectivity index (χ1) is 19.2. The second-order valence-electron chi connectivity index (χ2n) is 9.19. The molecule has 39 heavy (non-hydrogen) atoms. The van der Waals surface area contributed by atoms with E-state index in [9.17, 15) is 14.0 Å². The lowest BCUT2D eigenvalue weighted by Crippen LogP contribution is -2.39. The maximum Gasteiger partial charge on any atom is 0.247 e. The monoisotopic (exact) mass is 552 g/mol. The Hall–Kier alpha value is -4.52. The Labute approximate surface area is 226 Å². The number of nitrogens with one attached hydrogen (secondary N) is 2. The third-order valence-corrected chi connectivity index (χ3v) is 7.07. The Morgan fingerprint density at radius 3 is 2.90 bits per heavy atom. The van der Waals surface area contributed by atoms with Crippen molar-refractivity contribution in [1.29, 1.82) is 0 Å². The molecule has 14 heteroatoms. The fourth-order valence-corrected chi connectivity index (χ4v) is 5.32. The van der Waals surface area contributed by atoms with Crippen LogP contribution in [0.1, 0.15) is 45.0 Å².